The van der Waals surface area contributed by atoms with Gasteiger partial charge in [0.2, 0.25) is 0 Å². The zero-order valence-corrected chi connectivity index (χ0v) is 6.89. The fraction of sp³-hybridized carbons (Fsp3) is 0.778. The van der Waals surface area contributed by atoms with E-state index in [0.29, 0.717) is 6.42 Å². The average Bonchev–Trinajstić information content (AvgIpc) is 2.16. The molecular formula is C9H13NO. The van der Waals surface area contributed by atoms with Crippen molar-refractivity contribution in [2.45, 2.75) is 39.0 Å². The van der Waals surface area contributed by atoms with Gasteiger partial charge in [0.15, 0.2) is 5.78 Å². The van der Waals surface area contributed by atoms with Gasteiger partial charge in [0.1, 0.15) is 5.41 Å². The summed E-state index contributed by atoms with van der Waals surface area (Å²) in [6.45, 7) is 1.76. The Bertz CT molecular complexity index is 204. The molecule has 1 saturated carbocycles. The van der Waals surface area contributed by atoms with Gasteiger partial charge in [-0.2, -0.15) is 5.26 Å². The summed E-state index contributed by atoms with van der Waals surface area (Å²) in [5, 5.41) is 8.77. The number of Topliss-reactive ketones (excluding diaryl/α,β-unsaturated/α-hetero) is 1. The second kappa shape index (κ2) is 3.04. The van der Waals surface area contributed by atoms with Crippen molar-refractivity contribution >= 4 is 5.78 Å². The van der Waals surface area contributed by atoms with E-state index in [-0.39, 0.29) is 5.78 Å². The number of hydrogen-bond acceptors (Lipinski definition) is 2. The van der Waals surface area contributed by atoms with E-state index in [4.69, 9.17) is 5.26 Å². The molecule has 1 atom stereocenters. The summed E-state index contributed by atoms with van der Waals surface area (Å²) in [6, 6.07) is 2.12. The van der Waals surface area contributed by atoms with Crippen LogP contribution in [0.4, 0.5) is 0 Å². The highest BCUT2D eigenvalue weighted by molar-refractivity contribution is 5.87. The maximum absolute atomic E-state index is 11.3. The number of carbonyl (C=O) groups is 1. The molecule has 11 heavy (non-hydrogen) atoms. The molecule has 1 fully saturated rings. The van der Waals surface area contributed by atoms with E-state index < -0.39 is 5.41 Å². The Morgan fingerprint density at radius 3 is 2.82 bits per heavy atom. The summed E-state index contributed by atoms with van der Waals surface area (Å²) in [4.78, 5) is 11.3. The fourth-order valence-electron chi connectivity index (χ4n) is 1.47. The van der Waals surface area contributed by atoms with Gasteiger partial charge in [0.05, 0.1) is 6.07 Å². The highest BCUT2D eigenvalue weighted by atomic mass is 16.1. The van der Waals surface area contributed by atoms with E-state index >= 15 is 0 Å². The van der Waals surface area contributed by atoms with Gasteiger partial charge in [0.25, 0.3) is 0 Å². The van der Waals surface area contributed by atoms with Gasteiger partial charge in [-0.1, -0.05) is 12.8 Å². The molecule has 0 amide bonds. The van der Waals surface area contributed by atoms with Crippen LogP contribution in [0.2, 0.25) is 0 Å². The zero-order chi connectivity index (χ0) is 8.32. The van der Waals surface area contributed by atoms with Gasteiger partial charge < -0.3 is 0 Å². The van der Waals surface area contributed by atoms with E-state index in [9.17, 15) is 4.79 Å². The highest BCUT2D eigenvalue weighted by Gasteiger charge is 2.33. The standard InChI is InChI=1S/C9H13NO/c1-9(7-10)6-4-2-3-5-8(9)11/h2-6H2,1H3/t9-/m0/s1. The van der Waals surface area contributed by atoms with Crippen LogP contribution >= 0.6 is 0 Å². The predicted molar refractivity (Wildman–Crippen MR) is 41.8 cm³/mol. The molecular weight excluding hydrogens is 138 g/mol. The first-order valence-electron chi connectivity index (χ1n) is 4.13. The van der Waals surface area contributed by atoms with Gasteiger partial charge >= 0.3 is 0 Å². The Morgan fingerprint density at radius 1 is 1.45 bits per heavy atom. The molecule has 0 bridgehead atoms. The summed E-state index contributed by atoms with van der Waals surface area (Å²) in [6.07, 6.45) is 4.45. The number of ketones is 1. The van der Waals surface area contributed by atoms with Crippen LogP contribution in [0.25, 0.3) is 0 Å². The van der Waals surface area contributed by atoms with Crippen LogP contribution in [-0.2, 0) is 4.79 Å². The topological polar surface area (TPSA) is 40.9 Å². The van der Waals surface area contributed by atoms with Crippen LogP contribution < -0.4 is 0 Å². The molecule has 0 aromatic carbocycles. The molecule has 0 radical (unpaired) electrons. The van der Waals surface area contributed by atoms with Crippen molar-refractivity contribution in [1.29, 1.82) is 5.26 Å². The third-order valence-corrected chi connectivity index (χ3v) is 2.44. The summed E-state index contributed by atoms with van der Waals surface area (Å²) < 4.78 is 0. The van der Waals surface area contributed by atoms with Gasteiger partial charge in [0, 0.05) is 6.42 Å². The molecule has 1 rings (SSSR count). The quantitative estimate of drug-likeness (QED) is 0.497. The molecule has 60 valence electrons. The van der Waals surface area contributed by atoms with Crippen LogP contribution in [0.15, 0.2) is 0 Å². The van der Waals surface area contributed by atoms with Crippen molar-refractivity contribution in [2.24, 2.45) is 5.41 Å². The van der Waals surface area contributed by atoms with Crippen LogP contribution in [-0.4, -0.2) is 5.78 Å². The van der Waals surface area contributed by atoms with E-state index in [1.54, 1.807) is 6.92 Å². The van der Waals surface area contributed by atoms with Crippen molar-refractivity contribution in [1.82, 2.24) is 0 Å². The van der Waals surface area contributed by atoms with Gasteiger partial charge in [-0.15, -0.1) is 0 Å². The van der Waals surface area contributed by atoms with E-state index in [1.165, 1.54) is 0 Å². The molecule has 0 spiro atoms. The maximum atomic E-state index is 11.3. The minimum Gasteiger partial charge on any atom is -0.298 e. The number of nitrogens with zero attached hydrogens (tertiary/aromatic N) is 1. The molecule has 0 unspecified atom stereocenters. The Balaban J connectivity index is 2.76. The van der Waals surface area contributed by atoms with Crippen LogP contribution in [0, 0.1) is 16.7 Å². The Morgan fingerprint density at radius 2 is 2.18 bits per heavy atom. The van der Waals surface area contributed by atoms with Crippen molar-refractivity contribution in [3.8, 4) is 6.07 Å². The number of rotatable bonds is 0. The number of carbonyl (C=O) groups excluding carboxylic acids is 1. The molecule has 1 aliphatic carbocycles. The first-order chi connectivity index (χ1) is 5.19. The smallest absolute Gasteiger partial charge is 0.152 e. The molecule has 0 aromatic rings. The minimum atomic E-state index is -0.670. The summed E-state index contributed by atoms with van der Waals surface area (Å²) in [5.74, 6) is 0.137. The van der Waals surface area contributed by atoms with Crippen LogP contribution in [0.1, 0.15) is 39.0 Å². The minimum absolute atomic E-state index is 0.137. The second-order valence-corrected chi connectivity index (χ2v) is 3.43. The lowest BCUT2D eigenvalue weighted by molar-refractivity contribution is -0.125. The van der Waals surface area contributed by atoms with Crippen LogP contribution in [0.3, 0.4) is 0 Å². The molecule has 0 saturated heterocycles. The molecule has 0 aliphatic heterocycles. The first kappa shape index (κ1) is 8.26. The van der Waals surface area contributed by atoms with E-state index in [2.05, 4.69) is 6.07 Å². The molecule has 0 N–H and O–H groups in total. The summed E-state index contributed by atoms with van der Waals surface area (Å²) in [5.41, 5.74) is -0.670. The second-order valence-electron chi connectivity index (χ2n) is 3.43. The monoisotopic (exact) mass is 151 g/mol. The summed E-state index contributed by atoms with van der Waals surface area (Å²) in [7, 11) is 0. The SMILES string of the molecule is C[C@@]1(C#N)CCCCCC1=O. The lowest BCUT2D eigenvalue weighted by Crippen LogP contribution is -2.24. The highest BCUT2D eigenvalue weighted by Crippen LogP contribution is 2.30. The molecule has 0 aromatic heterocycles. The van der Waals surface area contributed by atoms with Crippen molar-refractivity contribution < 1.29 is 4.79 Å². The van der Waals surface area contributed by atoms with Gasteiger partial charge in [-0.05, 0) is 19.8 Å². The third-order valence-electron chi connectivity index (χ3n) is 2.44. The Hall–Kier alpha value is -0.840. The first-order valence-corrected chi connectivity index (χ1v) is 4.13. The zero-order valence-electron chi connectivity index (χ0n) is 6.89. The third kappa shape index (κ3) is 1.59. The predicted octanol–water partition coefficient (Wildman–Crippen LogP) is 2.05. The maximum Gasteiger partial charge on any atom is 0.152 e. The van der Waals surface area contributed by atoms with Gasteiger partial charge in [-0.25, -0.2) is 0 Å². The largest absolute Gasteiger partial charge is 0.298 e. The van der Waals surface area contributed by atoms with E-state index in [0.717, 1.165) is 25.7 Å². The lowest BCUT2D eigenvalue weighted by Gasteiger charge is -2.15. The molecule has 0 heterocycles. The number of nitriles is 1. The average molecular weight is 151 g/mol. The summed E-state index contributed by atoms with van der Waals surface area (Å²) >= 11 is 0. The Labute approximate surface area is 67.2 Å². The van der Waals surface area contributed by atoms with Crippen LogP contribution in [0.5, 0.6) is 0 Å². The molecule has 1 aliphatic rings. The normalized spacial score (nSPS) is 32.5. The van der Waals surface area contributed by atoms with Crippen molar-refractivity contribution in [3.05, 3.63) is 0 Å². The van der Waals surface area contributed by atoms with Crippen molar-refractivity contribution in [2.75, 3.05) is 0 Å². The molecule has 2 heteroatoms. The van der Waals surface area contributed by atoms with Crippen molar-refractivity contribution in [3.63, 3.8) is 0 Å². The molecule has 2 nitrogen and oxygen atoms in total. The van der Waals surface area contributed by atoms with Gasteiger partial charge in [-0.3, -0.25) is 4.79 Å². The van der Waals surface area contributed by atoms with E-state index in [1.807, 2.05) is 0 Å². The Kier molecular flexibility index (Phi) is 2.28. The number of hydrogen-bond donors (Lipinski definition) is 0. The lowest BCUT2D eigenvalue weighted by atomic mass is 9.83. The fourth-order valence-corrected chi connectivity index (χ4v) is 1.47.